The van der Waals surface area contributed by atoms with Crippen molar-refractivity contribution in [2.45, 2.75) is 44.9 Å². The second-order valence-corrected chi connectivity index (χ2v) is 8.12. The Kier molecular flexibility index (Phi) is 5.27. The molecule has 0 aromatic carbocycles. The van der Waals surface area contributed by atoms with Crippen molar-refractivity contribution >= 4 is 11.8 Å². The highest BCUT2D eigenvalue weighted by molar-refractivity contribution is 5.89. The molecule has 0 radical (unpaired) electrons. The van der Waals surface area contributed by atoms with E-state index in [1.54, 1.807) is 11.9 Å². The Morgan fingerprint density at radius 2 is 2.00 bits per heavy atom. The number of carbonyl (C=O) groups is 2. The quantitative estimate of drug-likeness (QED) is 0.800. The zero-order valence-corrected chi connectivity index (χ0v) is 16.0. The summed E-state index contributed by atoms with van der Waals surface area (Å²) in [5, 5.41) is 8.53. The van der Waals surface area contributed by atoms with Crippen LogP contribution in [-0.2, 0) is 22.4 Å². The molecule has 2 aliphatic heterocycles. The molecule has 1 atom stereocenters. The van der Waals surface area contributed by atoms with Gasteiger partial charge in [-0.1, -0.05) is 0 Å². The summed E-state index contributed by atoms with van der Waals surface area (Å²) in [6, 6.07) is 2.05. The Labute approximate surface area is 160 Å². The van der Waals surface area contributed by atoms with Crippen molar-refractivity contribution in [3.05, 3.63) is 17.3 Å². The summed E-state index contributed by atoms with van der Waals surface area (Å²) < 4.78 is 5.91. The van der Waals surface area contributed by atoms with Crippen molar-refractivity contribution in [2.75, 3.05) is 33.3 Å². The summed E-state index contributed by atoms with van der Waals surface area (Å²) in [4.78, 5) is 27.9. The lowest BCUT2D eigenvalue weighted by atomic mass is 9.96. The van der Waals surface area contributed by atoms with E-state index in [-0.39, 0.29) is 17.7 Å². The van der Waals surface area contributed by atoms with Crippen LogP contribution < -0.4 is 4.74 Å². The number of nitrogens with zero attached hydrogens (tertiary/aromatic N) is 4. The van der Waals surface area contributed by atoms with Gasteiger partial charge in [-0.05, 0) is 50.0 Å². The van der Waals surface area contributed by atoms with Crippen LogP contribution >= 0.6 is 0 Å². The van der Waals surface area contributed by atoms with Gasteiger partial charge >= 0.3 is 0 Å². The van der Waals surface area contributed by atoms with E-state index in [2.05, 4.69) is 10.2 Å². The molecule has 146 valence electrons. The van der Waals surface area contributed by atoms with E-state index in [0.29, 0.717) is 31.4 Å². The van der Waals surface area contributed by atoms with Crippen molar-refractivity contribution in [1.29, 1.82) is 0 Å². The van der Waals surface area contributed by atoms with Gasteiger partial charge in [0.2, 0.25) is 17.7 Å². The molecule has 0 N–H and O–H groups in total. The Morgan fingerprint density at radius 1 is 1.22 bits per heavy atom. The summed E-state index contributed by atoms with van der Waals surface area (Å²) >= 11 is 0. The van der Waals surface area contributed by atoms with Crippen molar-refractivity contribution in [3.8, 4) is 5.88 Å². The first-order valence-electron chi connectivity index (χ1n) is 10.1. The molecule has 7 nitrogen and oxygen atoms in total. The van der Waals surface area contributed by atoms with E-state index in [1.165, 1.54) is 18.4 Å². The van der Waals surface area contributed by atoms with Gasteiger partial charge in [-0.25, -0.2) is 0 Å². The molecule has 3 heterocycles. The van der Waals surface area contributed by atoms with Gasteiger partial charge in [0, 0.05) is 39.2 Å². The fourth-order valence-electron chi connectivity index (χ4n) is 4.35. The van der Waals surface area contributed by atoms with Crippen LogP contribution in [0, 0.1) is 11.8 Å². The Morgan fingerprint density at radius 3 is 2.74 bits per heavy atom. The molecule has 1 unspecified atom stereocenters. The van der Waals surface area contributed by atoms with Gasteiger partial charge in [-0.15, -0.1) is 5.10 Å². The molecule has 0 saturated carbocycles. The van der Waals surface area contributed by atoms with Gasteiger partial charge in [0.1, 0.15) is 0 Å². The number of piperidine rings is 1. The fraction of sp³-hybridized carbons (Fsp3) is 0.700. The second-order valence-electron chi connectivity index (χ2n) is 8.12. The molecule has 4 rings (SSSR count). The molecular weight excluding hydrogens is 344 g/mol. The summed E-state index contributed by atoms with van der Waals surface area (Å²) in [7, 11) is 1.77. The minimum Gasteiger partial charge on any atom is -0.476 e. The van der Waals surface area contributed by atoms with Gasteiger partial charge in [0.15, 0.2) is 0 Å². The zero-order valence-electron chi connectivity index (χ0n) is 16.0. The molecule has 2 saturated heterocycles. The van der Waals surface area contributed by atoms with Crippen LogP contribution in [0.5, 0.6) is 5.88 Å². The van der Waals surface area contributed by atoms with Gasteiger partial charge in [0.25, 0.3) is 0 Å². The largest absolute Gasteiger partial charge is 0.476 e. The fourth-order valence-corrected chi connectivity index (χ4v) is 4.35. The van der Waals surface area contributed by atoms with Crippen LogP contribution in [0.4, 0.5) is 0 Å². The lowest BCUT2D eigenvalue weighted by molar-refractivity contribution is -0.137. The van der Waals surface area contributed by atoms with Crippen molar-refractivity contribution in [3.63, 3.8) is 0 Å². The van der Waals surface area contributed by atoms with E-state index in [0.717, 1.165) is 44.5 Å². The molecule has 3 aliphatic rings. The molecule has 1 aromatic heterocycles. The van der Waals surface area contributed by atoms with E-state index >= 15 is 0 Å². The molecule has 1 aliphatic carbocycles. The monoisotopic (exact) mass is 372 g/mol. The number of amides is 2. The zero-order chi connectivity index (χ0) is 18.8. The number of fused-ring (bicyclic) bond motifs is 1. The third kappa shape index (κ3) is 4.06. The highest BCUT2D eigenvalue weighted by Crippen LogP contribution is 2.25. The average molecular weight is 372 g/mol. The van der Waals surface area contributed by atoms with Crippen molar-refractivity contribution in [2.24, 2.45) is 11.8 Å². The maximum atomic E-state index is 12.6. The third-order valence-electron chi connectivity index (χ3n) is 6.13. The minimum atomic E-state index is -0.166. The maximum Gasteiger partial charge on any atom is 0.233 e. The number of likely N-dealkylation sites (tertiary alicyclic amines) is 2. The maximum absolute atomic E-state index is 12.6. The van der Waals surface area contributed by atoms with Crippen LogP contribution in [0.1, 0.15) is 43.4 Å². The number of hydrogen-bond donors (Lipinski definition) is 0. The smallest absolute Gasteiger partial charge is 0.233 e. The summed E-state index contributed by atoms with van der Waals surface area (Å²) in [5.41, 5.74) is 2.40. The summed E-state index contributed by atoms with van der Waals surface area (Å²) in [5.74, 6) is 1.10. The van der Waals surface area contributed by atoms with Crippen LogP contribution in [0.25, 0.3) is 0 Å². The van der Waals surface area contributed by atoms with Crippen LogP contribution in [-0.4, -0.2) is 65.1 Å². The number of hydrogen-bond acceptors (Lipinski definition) is 5. The molecule has 1 aromatic rings. The number of carbonyl (C=O) groups excluding carboxylic acids is 2. The topological polar surface area (TPSA) is 75.6 Å². The SMILES string of the molecule is CN1CC(C(=O)N2CCC(COc3cc4c(nn3)CCCC4)CC2)CC1=O. The van der Waals surface area contributed by atoms with E-state index in [4.69, 9.17) is 4.74 Å². The first kappa shape index (κ1) is 18.2. The van der Waals surface area contributed by atoms with E-state index in [1.807, 2.05) is 11.0 Å². The lowest BCUT2D eigenvalue weighted by Crippen LogP contribution is -2.43. The lowest BCUT2D eigenvalue weighted by Gasteiger charge is -2.33. The average Bonchev–Trinajstić information content (AvgIpc) is 3.04. The van der Waals surface area contributed by atoms with Crippen LogP contribution in [0.3, 0.4) is 0 Å². The van der Waals surface area contributed by atoms with Gasteiger partial charge < -0.3 is 14.5 Å². The molecule has 0 spiro atoms. The molecule has 27 heavy (non-hydrogen) atoms. The first-order chi connectivity index (χ1) is 13.1. The van der Waals surface area contributed by atoms with Gasteiger partial charge in [-0.2, -0.15) is 5.10 Å². The van der Waals surface area contributed by atoms with Crippen LogP contribution in [0.2, 0.25) is 0 Å². The normalized spacial score (nSPS) is 23.4. The predicted molar refractivity (Wildman–Crippen MR) is 99.2 cm³/mol. The molecular formula is C20H28N4O3. The Hall–Kier alpha value is -2.18. The van der Waals surface area contributed by atoms with Crippen LogP contribution in [0.15, 0.2) is 6.07 Å². The predicted octanol–water partition coefficient (Wildman–Crippen LogP) is 1.45. The van der Waals surface area contributed by atoms with Gasteiger partial charge in [0.05, 0.1) is 18.2 Å². The molecule has 2 amide bonds. The van der Waals surface area contributed by atoms with Gasteiger partial charge in [-0.3, -0.25) is 9.59 Å². The van der Waals surface area contributed by atoms with E-state index in [9.17, 15) is 9.59 Å². The number of rotatable bonds is 4. The standard InChI is InChI=1S/C20H28N4O3/c1-23-12-16(11-19(23)25)20(26)24-8-6-14(7-9-24)13-27-18-10-15-4-2-3-5-17(15)21-22-18/h10,14,16H,2-9,11-13H2,1H3. The Balaban J connectivity index is 1.24. The minimum absolute atomic E-state index is 0.0720. The number of aryl methyl sites for hydroxylation is 2. The highest BCUT2D eigenvalue weighted by atomic mass is 16.5. The number of ether oxygens (including phenoxy) is 1. The summed E-state index contributed by atoms with van der Waals surface area (Å²) in [6.07, 6.45) is 6.73. The molecule has 2 fully saturated rings. The first-order valence-corrected chi connectivity index (χ1v) is 10.1. The Bertz CT molecular complexity index is 715. The third-order valence-corrected chi connectivity index (χ3v) is 6.13. The van der Waals surface area contributed by atoms with E-state index < -0.39 is 0 Å². The molecule has 7 heteroatoms. The second kappa shape index (κ2) is 7.82. The molecule has 0 bridgehead atoms. The highest BCUT2D eigenvalue weighted by Gasteiger charge is 2.35. The summed E-state index contributed by atoms with van der Waals surface area (Å²) in [6.45, 7) is 2.67. The number of aromatic nitrogens is 2. The van der Waals surface area contributed by atoms with Crippen molar-refractivity contribution < 1.29 is 14.3 Å². The van der Waals surface area contributed by atoms with Crippen molar-refractivity contribution in [1.82, 2.24) is 20.0 Å².